The fourth-order valence-corrected chi connectivity index (χ4v) is 1.67. The molecule has 0 aromatic carbocycles. The first kappa shape index (κ1) is 6.16. The zero-order valence-corrected chi connectivity index (χ0v) is 7.00. The number of pyridine rings is 1. The number of halogens is 1. The number of aromatic nitrogens is 1. The third-order valence-electron chi connectivity index (χ3n) is 1.67. The van der Waals surface area contributed by atoms with E-state index in [1.165, 1.54) is 5.56 Å². The molecule has 52 valence electrons. The molecule has 0 N–H and O–H groups in total. The molecule has 10 heavy (non-hydrogen) atoms. The van der Waals surface area contributed by atoms with Crippen LogP contribution in [0.2, 0.25) is 0 Å². The van der Waals surface area contributed by atoms with E-state index in [4.69, 9.17) is 0 Å². The summed E-state index contributed by atoms with van der Waals surface area (Å²) in [6, 6.07) is 4.09. The van der Waals surface area contributed by atoms with Gasteiger partial charge in [0.25, 0.3) is 0 Å². The van der Waals surface area contributed by atoms with E-state index in [-0.39, 0.29) is 0 Å². The molecule has 0 saturated heterocycles. The number of fused-ring (bicyclic) bond motifs is 1. The molecule has 1 aliphatic rings. The molecule has 0 saturated carbocycles. The molecule has 0 amide bonds. The van der Waals surface area contributed by atoms with Crippen LogP contribution in [-0.4, -0.2) is 11.5 Å². The van der Waals surface area contributed by atoms with Crippen molar-refractivity contribution < 1.29 is 0 Å². The predicted molar refractivity (Wildman–Crippen MR) is 44.2 cm³/mol. The summed E-state index contributed by atoms with van der Waals surface area (Å²) in [5.74, 6) is 1.07. The van der Waals surface area contributed by atoms with E-state index in [1.807, 2.05) is 16.2 Å². The van der Waals surface area contributed by atoms with Crippen molar-refractivity contribution in [3.05, 3.63) is 23.9 Å². The van der Waals surface area contributed by atoms with Crippen molar-refractivity contribution >= 4 is 22.0 Å². The van der Waals surface area contributed by atoms with E-state index in [2.05, 4.69) is 27.2 Å². The van der Waals surface area contributed by atoms with Crippen molar-refractivity contribution in [2.75, 3.05) is 10.5 Å². The Balaban J connectivity index is 2.51. The zero-order valence-electron chi connectivity index (χ0n) is 5.42. The highest BCUT2D eigenvalue weighted by atomic mass is 79.9. The van der Waals surface area contributed by atoms with Crippen LogP contribution in [0, 0.1) is 0 Å². The molecule has 2 nitrogen and oxygen atoms in total. The number of hydrogen-bond acceptors (Lipinski definition) is 2. The van der Waals surface area contributed by atoms with Crippen LogP contribution >= 0.6 is 16.1 Å². The van der Waals surface area contributed by atoms with Crippen LogP contribution < -0.4 is 3.93 Å². The Labute approximate surface area is 68.2 Å². The summed E-state index contributed by atoms with van der Waals surface area (Å²) in [6.07, 6.45) is 2.92. The molecule has 0 radical (unpaired) electrons. The molecule has 3 heteroatoms. The number of rotatable bonds is 0. The Hall–Kier alpha value is -0.570. The SMILES string of the molecule is BrN1CCc2cccnc21. The predicted octanol–water partition coefficient (Wildman–Crippen LogP) is 1.75. The van der Waals surface area contributed by atoms with Crippen LogP contribution in [0.15, 0.2) is 18.3 Å². The van der Waals surface area contributed by atoms with Gasteiger partial charge in [-0.15, -0.1) is 0 Å². The third kappa shape index (κ3) is 0.814. The second-order valence-corrected chi connectivity index (χ2v) is 3.18. The quantitative estimate of drug-likeness (QED) is 0.591. The molecule has 0 fully saturated rings. The van der Waals surface area contributed by atoms with Gasteiger partial charge in [-0.1, -0.05) is 6.07 Å². The first-order valence-corrected chi connectivity index (χ1v) is 3.96. The van der Waals surface area contributed by atoms with E-state index in [0.717, 1.165) is 18.8 Å². The van der Waals surface area contributed by atoms with Gasteiger partial charge in [0.05, 0.1) is 16.1 Å². The largest absolute Gasteiger partial charge is 0.293 e. The molecule has 2 rings (SSSR count). The van der Waals surface area contributed by atoms with Gasteiger partial charge in [0, 0.05) is 12.7 Å². The van der Waals surface area contributed by atoms with Crippen molar-refractivity contribution in [3.8, 4) is 0 Å². The minimum atomic E-state index is 1.03. The highest BCUT2D eigenvalue weighted by molar-refractivity contribution is 9.10. The smallest absolute Gasteiger partial charge is 0.141 e. The van der Waals surface area contributed by atoms with Gasteiger partial charge in [-0.25, -0.2) is 4.98 Å². The van der Waals surface area contributed by atoms with Crippen molar-refractivity contribution in [1.29, 1.82) is 0 Å². The van der Waals surface area contributed by atoms with Gasteiger partial charge in [0.1, 0.15) is 5.82 Å². The first-order valence-electron chi connectivity index (χ1n) is 3.25. The highest BCUT2D eigenvalue weighted by Crippen LogP contribution is 2.26. The van der Waals surface area contributed by atoms with Crippen LogP contribution in [-0.2, 0) is 6.42 Å². The molecule has 2 heterocycles. The van der Waals surface area contributed by atoms with Gasteiger partial charge in [0.2, 0.25) is 0 Å². The minimum absolute atomic E-state index is 1.03. The number of hydrogen-bond donors (Lipinski definition) is 0. The molecular weight excluding hydrogens is 192 g/mol. The topological polar surface area (TPSA) is 16.1 Å². The lowest BCUT2D eigenvalue weighted by atomic mass is 10.2. The maximum absolute atomic E-state index is 4.22. The summed E-state index contributed by atoms with van der Waals surface area (Å²) < 4.78 is 2.00. The molecule has 0 atom stereocenters. The Kier molecular flexibility index (Phi) is 1.38. The van der Waals surface area contributed by atoms with Gasteiger partial charge < -0.3 is 0 Å². The van der Waals surface area contributed by atoms with E-state index in [9.17, 15) is 0 Å². The maximum atomic E-state index is 4.22. The van der Waals surface area contributed by atoms with Crippen molar-refractivity contribution in [3.63, 3.8) is 0 Å². The monoisotopic (exact) mass is 198 g/mol. The summed E-state index contributed by atoms with van der Waals surface area (Å²) in [6.45, 7) is 1.03. The zero-order chi connectivity index (χ0) is 6.97. The Morgan fingerprint density at radius 2 is 2.50 bits per heavy atom. The normalized spacial score (nSPS) is 15.5. The van der Waals surface area contributed by atoms with Gasteiger partial charge in [0.15, 0.2) is 0 Å². The lowest BCUT2D eigenvalue weighted by molar-refractivity contribution is 1.06. The lowest BCUT2D eigenvalue weighted by Gasteiger charge is -2.05. The summed E-state index contributed by atoms with van der Waals surface area (Å²) >= 11 is 3.41. The van der Waals surface area contributed by atoms with E-state index < -0.39 is 0 Å². The van der Waals surface area contributed by atoms with Gasteiger partial charge >= 0.3 is 0 Å². The maximum Gasteiger partial charge on any atom is 0.141 e. The van der Waals surface area contributed by atoms with Gasteiger partial charge in [-0.3, -0.25) is 3.93 Å². The van der Waals surface area contributed by atoms with Crippen LogP contribution in [0.5, 0.6) is 0 Å². The van der Waals surface area contributed by atoms with Crippen LogP contribution in [0.1, 0.15) is 5.56 Å². The van der Waals surface area contributed by atoms with Crippen LogP contribution in [0.3, 0.4) is 0 Å². The average Bonchev–Trinajstić information content (AvgIpc) is 2.34. The fourth-order valence-electron chi connectivity index (χ4n) is 1.17. The molecule has 0 unspecified atom stereocenters. The van der Waals surface area contributed by atoms with E-state index in [0.29, 0.717) is 0 Å². The fraction of sp³-hybridized carbons (Fsp3) is 0.286. The molecule has 0 aliphatic carbocycles. The summed E-state index contributed by atoms with van der Waals surface area (Å²) in [4.78, 5) is 4.22. The Morgan fingerprint density at radius 3 is 3.30 bits per heavy atom. The molecule has 1 aliphatic heterocycles. The minimum Gasteiger partial charge on any atom is -0.293 e. The third-order valence-corrected chi connectivity index (χ3v) is 2.37. The average molecular weight is 199 g/mol. The van der Waals surface area contributed by atoms with Crippen molar-refractivity contribution in [2.24, 2.45) is 0 Å². The first-order chi connectivity index (χ1) is 4.88. The summed E-state index contributed by atoms with van der Waals surface area (Å²) in [5, 5.41) is 0. The second kappa shape index (κ2) is 2.23. The van der Waals surface area contributed by atoms with Gasteiger partial charge in [-0.05, 0) is 18.1 Å². The Bertz CT molecular complexity index is 249. The standard InChI is InChI=1S/C7H7BrN2/c8-10-5-3-6-2-1-4-9-7(6)10/h1-2,4H,3,5H2. The number of nitrogens with zero attached hydrogens (tertiary/aromatic N) is 2. The highest BCUT2D eigenvalue weighted by Gasteiger charge is 2.16. The molecule has 1 aromatic heterocycles. The molecule has 0 bridgehead atoms. The van der Waals surface area contributed by atoms with Crippen molar-refractivity contribution in [2.45, 2.75) is 6.42 Å². The van der Waals surface area contributed by atoms with Crippen molar-refractivity contribution in [1.82, 2.24) is 4.98 Å². The van der Waals surface area contributed by atoms with E-state index >= 15 is 0 Å². The lowest BCUT2D eigenvalue weighted by Crippen LogP contribution is -2.04. The molecular formula is C7H7BrN2. The van der Waals surface area contributed by atoms with Gasteiger partial charge in [-0.2, -0.15) is 0 Å². The van der Waals surface area contributed by atoms with E-state index in [1.54, 1.807) is 0 Å². The summed E-state index contributed by atoms with van der Waals surface area (Å²) in [5.41, 5.74) is 1.33. The number of anilines is 1. The molecule has 0 spiro atoms. The van der Waals surface area contributed by atoms with Crippen LogP contribution in [0.25, 0.3) is 0 Å². The Morgan fingerprint density at radius 1 is 1.60 bits per heavy atom. The van der Waals surface area contributed by atoms with Crippen LogP contribution in [0.4, 0.5) is 5.82 Å². The molecule has 1 aromatic rings. The second-order valence-electron chi connectivity index (χ2n) is 2.32. The summed E-state index contributed by atoms with van der Waals surface area (Å²) in [7, 11) is 0.